The first kappa shape index (κ1) is 14.3. The summed E-state index contributed by atoms with van der Waals surface area (Å²) >= 11 is 1.31. The van der Waals surface area contributed by atoms with E-state index in [9.17, 15) is 9.18 Å². The van der Waals surface area contributed by atoms with Gasteiger partial charge in [0.15, 0.2) is 0 Å². The zero-order valence-electron chi connectivity index (χ0n) is 11.5. The van der Waals surface area contributed by atoms with Crippen molar-refractivity contribution in [2.75, 3.05) is 5.32 Å². The Labute approximate surface area is 130 Å². The fourth-order valence-corrected chi connectivity index (χ4v) is 2.89. The largest absolute Gasteiger partial charge is 0.324 e. The van der Waals surface area contributed by atoms with Crippen molar-refractivity contribution in [2.45, 2.75) is 6.42 Å². The number of halogens is 1. The van der Waals surface area contributed by atoms with E-state index in [1.807, 2.05) is 0 Å². The highest BCUT2D eigenvalue weighted by Crippen LogP contribution is 2.27. The number of pyridine rings is 1. The minimum absolute atomic E-state index is 0.156. The summed E-state index contributed by atoms with van der Waals surface area (Å²) in [7, 11) is 0. The molecule has 0 spiro atoms. The molecule has 0 aliphatic heterocycles. The Morgan fingerprint density at radius 1 is 1.18 bits per heavy atom. The predicted molar refractivity (Wildman–Crippen MR) is 84.1 cm³/mol. The quantitative estimate of drug-likeness (QED) is 0.801. The Morgan fingerprint density at radius 2 is 2.05 bits per heavy atom. The van der Waals surface area contributed by atoms with Crippen molar-refractivity contribution in [1.29, 1.82) is 0 Å². The first-order valence-electron chi connectivity index (χ1n) is 6.62. The normalized spacial score (nSPS) is 10.4. The minimum Gasteiger partial charge on any atom is -0.324 e. The Kier molecular flexibility index (Phi) is 4.20. The molecule has 3 aromatic rings. The van der Waals surface area contributed by atoms with E-state index < -0.39 is 0 Å². The number of aromatic nitrogens is 2. The first-order chi connectivity index (χ1) is 10.7. The number of amides is 1. The van der Waals surface area contributed by atoms with Crippen molar-refractivity contribution in [3.05, 3.63) is 65.7 Å². The van der Waals surface area contributed by atoms with Crippen molar-refractivity contribution < 1.29 is 9.18 Å². The van der Waals surface area contributed by atoms with Crippen LogP contribution >= 0.6 is 11.3 Å². The molecule has 4 nitrogen and oxygen atoms in total. The summed E-state index contributed by atoms with van der Waals surface area (Å²) in [5, 5.41) is 3.33. The molecule has 1 amide bonds. The molecule has 0 bridgehead atoms. The first-order valence-corrected chi connectivity index (χ1v) is 7.43. The molecule has 0 unspecified atom stereocenters. The van der Waals surface area contributed by atoms with Crippen LogP contribution in [0.2, 0.25) is 0 Å². The van der Waals surface area contributed by atoms with Crippen molar-refractivity contribution in [2.24, 2.45) is 0 Å². The van der Waals surface area contributed by atoms with E-state index in [2.05, 4.69) is 15.3 Å². The number of anilines is 1. The van der Waals surface area contributed by atoms with Crippen LogP contribution in [0.1, 0.15) is 4.88 Å². The van der Waals surface area contributed by atoms with Gasteiger partial charge in [0.1, 0.15) is 10.8 Å². The van der Waals surface area contributed by atoms with Crippen LogP contribution in [0, 0.1) is 5.82 Å². The summed E-state index contributed by atoms with van der Waals surface area (Å²) in [6.45, 7) is 0. The average Bonchev–Trinajstić information content (AvgIpc) is 2.97. The van der Waals surface area contributed by atoms with Crippen molar-refractivity contribution in [1.82, 2.24) is 9.97 Å². The lowest BCUT2D eigenvalue weighted by atomic mass is 10.2. The van der Waals surface area contributed by atoms with E-state index >= 15 is 0 Å². The van der Waals surface area contributed by atoms with Crippen molar-refractivity contribution >= 4 is 22.9 Å². The van der Waals surface area contributed by atoms with E-state index in [1.165, 1.54) is 17.4 Å². The number of carbonyl (C=O) groups is 1. The van der Waals surface area contributed by atoms with Crippen molar-refractivity contribution in [3.63, 3.8) is 0 Å². The number of nitrogens with zero attached hydrogens (tertiary/aromatic N) is 2. The smallest absolute Gasteiger partial charge is 0.229 e. The highest BCUT2D eigenvalue weighted by Gasteiger charge is 2.11. The molecule has 0 fully saturated rings. The lowest BCUT2D eigenvalue weighted by Gasteiger charge is -2.02. The molecule has 2 aromatic heterocycles. The van der Waals surface area contributed by atoms with Gasteiger partial charge in [-0.1, -0.05) is 12.1 Å². The van der Waals surface area contributed by atoms with Gasteiger partial charge in [-0.3, -0.25) is 9.78 Å². The highest BCUT2D eigenvalue weighted by atomic mass is 32.1. The molecule has 0 saturated carbocycles. The number of carbonyl (C=O) groups excluding carboxylic acids is 1. The Morgan fingerprint density at radius 3 is 2.82 bits per heavy atom. The summed E-state index contributed by atoms with van der Waals surface area (Å²) in [5.41, 5.74) is 1.10. The van der Waals surface area contributed by atoms with E-state index in [0.29, 0.717) is 16.3 Å². The van der Waals surface area contributed by atoms with Crippen LogP contribution in [0.15, 0.2) is 55.0 Å². The molecule has 1 N–H and O–H groups in total. The van der Waals surface area contributed by atoms with E-state index in [4.69, 9.17) is 0 Å². The topological polar surface area (TPSA) is 54.9 Å². The average molecular weight is 313 g/mol. The molecular formula is C16H12FN3OS. The van der Waals surface area contributed by atoms with E-state index in [-0.39, 0.29) is 18.1 Å². The number of thiazole rings is 1. The summed E-state index contributed by atoms with van der Waals surface area (Å²) < 4.78 is 13.7. The fourth-order valence-electron chi connectivity index (χ4n) is 1.95. The fraction of sp³-hybridized carbons (Fsp3) is 0.0625. The molecular weight excluding hydrogens is 301 g/mol. The second kappa shape index (κ2) is 6.44. The van der Waals surface area contributed by atoms with Crippen LogP contribution in [0.3, 0.4) is 0 Å². The molecule has 2 heterocycles. The van der Waals surface area contributed by atoms with Crippen molar-refractivity contribution in [3.8, 4) is 10.6 Å². The Balaban J connectivity index is 1.70. The lowest BCUT2D eigenvalue weighted by molar-refractivity contribution is -0.115. The second-order valence-corrected chi connectivity index (χ2v) is 5.69. The van der Waals surface area contributed by atoms with Gasteiger partial charge in [-0.2, -0.15) is 0 Å². The van der Waals surface area contributed by atoms with Gasteiger partial charge in [-0.25, -0.2) is 9.37 Å². The summed E-state index contributed by atoms with van der Waals surface area (Å²) in [6.07, 6.45) is 5.02. The highest BCUT2D eigenvalue weighted by molar-refractivity contribution is 7.15. The van der Waals surface area contributed by atoms with E-state index in [0.717, 1.165) is 4.88 Å². The van der Waals surface area contributed by atoms with Crippen LogP contribution in [0.5, 0.6) is 0 Å². The van der Waals surface area contributed by atoms with Crippen LogP contribution in [0.25, 0.3) is 10.6 Å². The van der Waals surface area contributed by atoms with Gasteiger partial charge in [0.05, 0.1) is 18.3 Å². The SMILES string of the molecule is O=C(Cc1cnc(-c2ccccc2F)s1)Nc1cccnc1. The maximum atomic E-state index is 13.7. The predicted octanol–water partition coefficient (Wildman–Crippen LogP) is 3.53. The maximum absolute atomic E-state index is 13.7. The number of benzene rings is 1. The maximum Gasteiger partial charge on any atom is 0.229 e. The van der Waals surface area contributed by atoms with Crippen LogP contribution < -0.4 is 5.32 Å². The third kappa shape index (κ3) is 3.35. The molecule has 0 aliphatic carbocycles. The van der Waals surface area contributed by atoms with Gasteiger partial charge in [0.2, 0.25) is 5.91 Å². The third-order valence-corrected chi connectivity index (χ3v) is 3.97. The monoisotopic (exact) mass is 313 g/mol. The summed E-state index contributed by atoms with van der Waals surface area (Å²) in [4.78, 5) is 20.9. The van der Waals surface area contributed by atoms with Gasteiger partial charge in [0, 0.05) is 22.8 Å². The molecule has 0 saturated heterocycles. The van der Waals surface area contributed by atoms with E-state index in [1.54, 1.807) is 48.9 Å². The molecule has 0 aliphatic rings. The van der Waals surface area contributed by atoms with Gasteiger partial charge in [-0.15, -0.1) is 11.3 Å². The van der Waals surface area contributed by atoms with Gasteiger partial charge < -0.3 is 5.32 Å². The van der Waals surface area contributed by atoms with Crippen LogP contribution in [0.4, 0.5) is 10.1 Å². The Bertz CT molecular complexity index is 789. The zero-order valence-corrected chi connectivity index (χ0v) is 12.3. The Hall–Kier alpha value is -2.60. The molecule has 0 atom stereocenters. The van der Waals surface area contributed by atoms with Gasteiger partial charge in [0.25, 0.3) is 0 Å². The van der Waals surface area contributed by atoms with Gasteiger partial charge >= 0.3 is 0 Å². The molecule has 6 heteroatoms. The number of rotatable bonds is 4. The molecule has 3 rings (SSSR count). The molecule has 110 valence electrons. The number of hydrogen-bond donors (Lipinski definition) is 1. The molecule has 22 heavy (non-hydrogen) atoms. The number of hydrogen-bond acceptors (Lipinski definition) is 4. The minimum atomic E-state index is -0.316. The van der Waals surface area contributed by atoms with Gasteiger partial charge in [-0.05, 0) is 24.3 Å². The van der Waals surface area contributed by atoms with Crippen LogP contribution in [-0.4, -0.2) is 15.9 Å². The standard InChI is InChI=1S/C16H12FN3OS/c17-14-6-2-1-5-13(14)16-19-10-12(22-16)8-15(21)20-11-4-3-7-18-9-11/h1-7,9-10H,8H2,(H,20,21). The summed E-state index contributed by atoms with van der Waals surface area (Å²) in [6, 6.07) is 9.98. The lowest BCUT2D eigenvalue weighted by Crippen LogP contribution is -2.13. The number of nitrogens with one attached hydrogen (secondary N) is 1. The summed E-state index contributed by atoms with van der Waals surface area (Å²) in [5.74, 6) is -0.472. The zero-order chi connectivity index (χ0) is 15.4. The van der Waals surface area contributed by atoms with Crippen LogP contribution in [-0.2, 0) is 11.2 Å². The second-order valence-electron chi connectivity index (χ2n) is 4.58. The molecule has 1 aromatic carbocycles. The third-order valence-electron chi connectivity index (χ3n) is 2.94. The molecule has 0 radical (unpaired) electrons.